The van der Waals surface area contributed by atoms with E-state index in [0.29, 0.717) is 11.1 Å². The van der Waals surface area contributed by atoms with Gasteiger partial charge in [-0.1, -0.05) is 0 Å². The number of halogens is 1. The van der Waals surface area contributed by atoms with Gasteiger partial charge >= 0.3 is 5.97 Å². The third-order valence-electron chi connectivity index (χ3n) is 2.47. The van der Waals surface area contributed by atoms with Crippen LogP contribution in [0.4, 0.5) is 0 Å². The molecule has 94 valence electrons. The van der Waals surface area contributed by atoms with Crippen molar-refractivity contribution in [3.05, 3.63) is 21.2 Å². The van der Waals surface area contributed by atoms with Crippen molar-refractivity contribution < 1.29 is 24.9 Å². The number of carbonyl (C=O) groups is 1. The molecule has 1 aromatic rings. The number of aliphatic hydroxyl groups excluding tert-OH is 1. The summed E-state index contributed by atoms with van der Waals surface area (Å²) < 4.78 is 5.09. The fourth-order valence-corrected chi connectivity index (χ4v) is 2.11. The minimum Gasteiger partial charge on any atom is -0.506 e. The van der Waals surface area contributed by atoms with Gasteiger partial charge in [0.2, 0.25) is 0 Å². The average Bonchev–Trinajstić information content (AvgIpc) is 2.21. The lowest BCUT2D eigenvalue weighted by Gasteiger charge is -2.18. The first-order valence-corrected chi connectivity index (χ1v) is 5.62. The van der Waals surface area contributed by atoms with Crippen LogP contribution in [0.5, 0.6) is 11.5 Å². The van der Waals surface area contributed by atoms with Gasteiger partial charge in [-0.2, -0.15) is 0 Å². The molecule has 0 saturated heterocycles. The van der Waals surface area contributed by atoms with Crippen molar-refractivity contribution in [3.8, 4) is 11.5 Å². The molecule has 6 heteroatoms. The molecule has 0 spiro atoms. The zero-order valence-electron chi connectivity index (χ0n) is 9.61. The van der Waals surface area contributed by atoms with Crippen molar-refractivity contribution >= 4 is 21.9 Å². The first kappa shape index (κ1) is 14.0. The van der Waals surface area contributed by atoms with Gasteiger partial charge in [-0.05, 0) is 40.9 Å². The molecule has 3 N–H and O–H groups in total. The molecule has 5 nitrogen and oxygen atoms in total. The van der Waals surface area contributed by atoms with Crippen molar-refractivity contribution in [1.82, 2.24) is 0 Å². The highest BCUT2D eigenvalue weighted by atomic mass is 79.9. The molecule has 0 heterocycles. The normalized spacial score (nSPS) is 10.8. The smallest absolute Gasteiger partial charge is 0.308 e. The Bertz CT molecular complexity index is 438. The second-order valence-electron chi connectivity index (χ2n) is 3.62. The third-order valence-corrected chi connectivity index (χ3v) is 3.21. The maximum atomic E-state index is 10.9. The van der Waals surface area contributed by atoms with Gasteiger partial charge in [-0.25, -0.2) is 0 Å². The van der Waals surface area contributed by atoms with Crippen molar-refractivity contribution in [2.24, 2.45) is 0 Å². The van der Waals surface area contributed by atoms with Gasteiger partial charge in [0.1, 0.15) is 10.2 Å². The fraction of sp³-hybridized carbons (Fsp3) is 0.364. The summed E-state index contributed by atoms with van der Waals surface area (Å²) in [5.74, 6) is -0.693. The van der Waals surface area contributed by atoms with Crippen LogP contribution in [0, 0.1) is 13.8 Å². The molecule has 0 aliphatic heterocycles. The van der Waals surface area contributed by atoms with E-state index in [2.05, 4.69) is 15.9 Å². The highest BCUT2D eigenvalue weighted by molar-refractivity contribution is 9.10. The van der Waals surface area contributed by atoms with Crippen LogP contribution in [0.15, 0.2) is 4.47 Å². The standard InChI is InChI=1S/C11H13BrO5/c1-4-5(2)10(17-6(3)13)8(12)9(14)7(4)11(15)16/h11,14-16H,1-3H3. The lowest BCUT2D eigenvalue weighted by atomic mass is 10.0. The summed E-state index contributed by atoms with van der Waals surface area (Å²) in [4.78, 5) is 10.9. The number of hydrogen-bond donors (Lipinski definition) is 3. The lowest BCUT2D eigenvalue weighted by Crippen LogP contribution is -2.08. The Morgan fingerprint density at radius 3 is 2.24 bits per heavy atom. The summed E-state index contributed by atoms with van der Waals surface area (Å²) in [5.41, 5.74) is 0.996. The van der Waals surface area contributed by atoms with E-state index in [1.54, 1.807) is 13.8 Å². The van der Waals surface area contributed by atoms with E-state index in [0.717, 1.165) is 0 Å². The predicted molar refractivity (Wildman–Crippen MR) is 63.8 cm³/mol. The number of phenolic OH excluding ortho intramolecular Hbond substituents is 1. The largest absolute Gasteiger partial charge is 0.506 e. The van der Waals surface area contributed by atoms with Gasteiger partial charge in [0, 0.05) is 6.92 Å². The Balaban J connectivity index is 3.52. The predicted octanol–water partition coefficient (Wildman–Crippen LogP) is 1.68. The summed E-state index contributed by atoms with van der Waals surface area (Å²) in [6, 6.07) is 0. The number of ether oxygens (including phenoxy) is 1. The van der Waals surface area contributed by atoms with E-state index in [1.807, 2.05) is 0 Å². The molecule has 0 aliphatic carbocycles. The summed E-state index contributed by atoms with van der Waals surface area (Å²) >= 11 is 3.06. The lowest BCUT2D eigenvalue weighted by molar-refractivity contribution is -0.131. The number of hydrogen-bond acceptors (Lipinski definition) is 5. The number of aliphatic hydroxyl groups is 2. The first-order valence-electron chi connectivity index (χ1n) is 4.83. The van der Waals surface area contributed by atoms with Crippen molar-refractivity contribution in [2.75, 3.05) is 0 Å². The molecule has 0 unspecified atom stereocenters. The van der Waals surface area contributed by atoms with Crippen molar-refractivity contribution in [2.45, 2.75) is 27.1 Å². The van der Waals surface area contributed by atoms with Crippen LogP contribution >= 0.6 is 15.9 Å². The minimum absolute atomic E-state index is 0.00900. The molecule has 0 radical (unpaired) electrons. The highest BCUT2D eigenvalue weighted by Crippen LogP contribution is 2.43. The molecule has 0 fully saturated rings. The van der Waals surface area contributed by atoms with Crippen molar-refractivity contribution in [1.29, 1.82) is 0 Å². The summed E-state index contributed by atoms with van der Waals surface area (Å²) in [6.07, 6.45) is -1.80. The van der Waals surface area contributed by atoms with Gasteiger partial charge in [-0.3, -0.25) is 4.79 Å². The molecular weight excluding hydrogens is 292 g/mol. The number of esters is 1. The monoisotopic (exact) mass is 304 g/mol. The Morgan fingerprint density at radius 2 is 1.82 bits per heavy atom. The zero-order valence-corrected chi connectivity index (χ0v) is 11.2. The van der Waals surface area contributed by atoms with Gasteiger partial charge in [0.25, 0.3) is 0 Å². The van der Waals surface area contributed by atoms with Gasteiger partial charge in [0.15, 0.2) is 12.0 Å². The van der Waals surface area contributed by atoms with Crippen LogP contribution in [0.2, 0.25) is 0 Å². The Morgan fingerprint density at radius 1 is 1.29 bits per heavy atom. The van der Waals surface area contributed by atoms with E-state index >= 15 is 0 Å². The van der Waals surface area contributed by atoms with E-state index in [1.165, 1.54) is 6.92 Å². The third kappa shape index (κ3) is 2.59. The van der Waals surface area contributed by atoms with E-state index in [9.17, 15) is 20.1 Å². The summed E-state index contributed by atoms with van der Waals surface area (Å²) in [5, 5.41) is 28.2. The number of benzene rings is 1. The van der Waals surface area contributed by atoms with Gasteiger partial charge < -0.3 is 20.1 Å². The molecule has 0 aromatic heterocycles. The Kier molecular flexibility index (Phi) is 4.13. The van der Waals surface area contributed by atoms with E-state index in [4.69, 9.17) is 4.74 Å². The van der Waals surface area contributed by atoms with Crippen LogP contribution in [0.1, 0.15) is 29.9 Å². The molecule has 0 bridgehead atoms. The Labute approximate surface area is 107 Å². The molecule has 17 heavy (non-hydrogen) atoms. The molecule has 0 saturated carbocycles. The minimum atomic E-state index is -1.80. The fourth-order valence-electron chi connectivity index (χ4n) is 1.52. The molecule has 0 atom stereocenters. The van der Waals surface area contributed by atoms with Crippen LogP contribution in [0.3, 0.4) is 0 Å². The molecular formula is C11H13BrO5. The summed E-state index contributed by atoms with van der Waals surface area (Å²) in [6.45, 7) is 4.50. The van der Waals surface area contributed by atoms with E-state index in [-0.39, 0.29) is 21.5 Å². The van der Waals surface area contributed by atoms with Crippen LogP contribution < -0.4 is 4.74 Å². The average molecular weight is 305 g/mol. The summed E-state index contributed by atoms with van der Waals surface area (Å²) in [7, 11) is 0. The number of carbonyl (C=O) groups excluding carboxylic acids is 1. The van der Waals surface area contributed by atoms with Gasteiger partial charge in [-0.15, -0.1) is 0 Å². The zero-order chi connectivity index (χ0) is 13.3. The molecule has 1 rings (SSSR count). The highest BCUT2D eigenvalue weighted by Gasteiger charge is 2.23. The molecule has 0 amide bonds. The maximum Gasteiger partial charge on any atom is 0.308 e. The second-order valence-corrected chi connectivity index (χ2v) is 4.42. The van der Waals surface area contributed by atoms with Crippen LogP contribution in [-0.2, 0) is 4.79 Å². The number of rotatable bonds is 2. The first-order chi connectivity index (χ1) is 7.77. The SMILES string of the molecule is CC(=O)Oc1c(C)c(C)c(C(O)O)c(O)c1Br. The van der Waals surface area contributed by atoms with Crippen molar-refractivity contribution in [3.63, 3.8) is 0 Å². The quantitative estimate of drug-likeness (QED) is 0.439. The van der Waals surface area contributed by atoms with Crippen LogP contribution in [-0.4, -0.2) is 21.3 Å². The second kappa shape index (κ2) is 5.03. The Hall–Kier alpha value is -1.11. The molecule has 1 aromatic carbocycles. The molecule has 0 aliphatic rings. The number of aromatic hydroxyl groups is 1. The van der Waals surface area contributed by atoms with Crippen LogP contribution in [0.25, 0.3) is 0 Å². The van der Waals surface area contributed by atoms with E-state index < -0.39 is 12.3 Å². The number of phenols is 1. The maximum absolute atomic E-state index is 10.9. The van der Waals surface area contributed by atoms with Gasteiger partial charge in [0.05, 0.1) is 5.56 Å². The topological polar surface area (TPSA) is 87.0 Å².